The fraction of sp³-hybridized carbons (Fsp3) is 0.538. The molecular weight excluding hydrogens is 222 g/mol. The summed E-state index contributed by atoms with van der Waals surface area (Å²) in [7, 11) is 0. The Bertz CT molecular complexity index is 363. The summed E-state index contributed by atoms with van der Waals surface area (Å²) in [5.41, 5.74) is 0.690. The van der Waals surface area contributed by atoms with Crippen LogP contribution in [0.5, 0.6) is 0 Å². The Morgan fingerprint density at radius 1 is 1.31 bits per heavy atom. The number of benzene rings is 1. The van der Waals surface area contributed by atoms with Gasteiger partial charge in [-0.2, -0.15) is 0 Å². The number of nitrogens with zero attached hydrogens (tertiary/aromatic N) is 1. The molecule has 1 atom stereocenters. The van der Waals surface area contributed by atoms with Crippen LogP contribution in [0.4, 0.5) is 0 Å². The van der Waals surface area contributed by atoms with Crippen molar-refractivity contribution in [1.82, 2.24) is 4.90 Å². The van der Waals surface area contributed by atoms with Gasteiger partial charge in [-0.3, -0.25) is 4.90 Å². The molecule has 88 valence electrons. The summed E-state index contributed by atoms with van der Waals surface area (Å²) in [6, 6.07) is 7.80. The van der Waals surface area contributed by atoms with Crippen LogP contribution in [0.3, 0.4) is 0 Å². The molecule has 1 saturated heterocycles. The molecule has 0 amide bonds. The molecule has 0 aromatic heterocycles. The zero-order chi connectivity index (χ0) is 11.6. The summed E-state index contributed by atoms with van der Waals surface area (Å²) in [5, 5.41) is 10.5. The number of hydrogen-bond acceptors (Lipinski definition) is 2. The van der Waals surface area contributed by atoms with Crippen LogP contribution < -0.4 is 0 Å². The molecule has 0 unspecified atom stereocenters. The molecule has 1 aromatic carbocycles. The monoisotopic (exact) mass is 239 g/mol. The van der Waals surface area contributed by atoms with Crippen molar-refractivity contribution < 1.29 is 5.11 Å². The SMILES string of the molecule is C[C@@](CO)(c1ccccc1Cl)N1CCCC1. The molecule has 1 fully saturated rings. The van der Waals surface area contributed by atoms with Crippen molar-refractivity contribution in [3.63, 3.8) is 0 Å². The van der Waals surface area contributed by atoms with Gasteiger partial charge >= 0.3 is 0 Å². The van der Waals surface area contributed by atoms with E-state index in [-0.39, 0.29) is 12.1 Å². The van der Waals surface area contributed by atoms with Gasteiger partial charge in [-0.25, -0.2) is 0 Å². The first-order valence-electron chi connectivity index (χ1n) is 5.79. The zero-order valence-electron chi connectivity index (χ0n) is 9.62. The van der Waals surface area contributed by atoms with Crippen LogP contribution in [0.25, 0.3) is 0 Å². The number of aliphatic hydroxyl groups is 1. The van der Waals surface area contributed by atoms with E-state index < -0.39 is 0 Å². The van der Waals surface area contributed by atoms with Crippen LogP contribution in [-0.2, 0) is 5.54 Å². The molecule has 1 aliphatic rings. The molecule has 0 aliphatic carbocycles. The van der Waals surface area contributed by atoms with Gasteiger partial charge in [-0.15, -0.1) is 0 Å². The topological polar surface area (TPSA) is 23.5 Å². The minimum Gasteiger partial charge on any atom is -0.394 e. The number of halogens is 1. The molecule has 3 heteroatoms. The van der Waals surface area contributed by atoms with Crippen molar-refractivity contribution in [1.29, 1.82) is 0 Å². The Labute approximate surface area is 102 Å². The largest absolute Gasteiger partial charge is 0.394 e. The van der Waals surface area contributed by atoms with E-state index in [0.717, 1.165) is 23.7 Å². The van der Waals surface area contributed by atoms with Crippen LogP contribution >= 0.6 is 11.6 Å². The second kappa shape index (κ2) is 4.74. The van der Waals surface area contributed by atoms with Gasteiger partial charge in [0.25, 0.3) is 0 Å². The minimum atomic E-state index is -0.338. The molecule has 0 bridgehead atoms. The van der Waals surface area contributed by atoms with E-state index in [2.05, 4.69) is 11.8 Å². The smallest absolute Gasteiger partial charge is 0.0680 e. The van der Waals surface area contributed by atoms with Crippen molar-refractivity contribution in [3.05, 3.63) is 34.9 Å². The number of aliphatic hydroxyl groups excluding tert-OH is 1. The lowest BCUT2D eigenvalue weighted by atomic mass is 9.91. The van der Waals surface area contributed by atoms with Gasteiger partial charge in [-0.05, 0) is 44.5 Å². The molecule has 1 aliphatic heterocycles. The van der Waals surface area contributed by atoms with E-state index in [1.54, 1.807) is 0 Å². The maximum Gasteiger partial charge on any atom is 0.0680 e. The number of rotatable bonds is 3. The summed E-state index contributed by atoms with van der Waals surface area (Å²) in [6.07, 6.45) is 2.42. The first-order valence-corrected chi connectivity index (χ1v) is 6.17. The number of likely N-dealkylation sites (tertiary alicyclic amines) is 1. The summed E-state index contributed by atoms with van der Waals surface area (Å²) < 4.78 is 0. The van der Waals surface area contributed by atoms with Crippen LogP contribution in [0.15, 0.2) is 24.3 Å². The van der Waals surface area contributed by atoms with E-state index in [1.165, 1.54) is 12.8 Å². The number of hydrogen-bond donors (Lipinski definition) is 1. The molecule has 1 N–H and O–H groups in total. The third kappa shape index (κ3) is 1.97. The summed E-state index contributed by atoms with van der Waals surface area (Å²) in [5.74, 6) is 0. The minimum absolute atomic E-state index is 0.108. The average Bonchev–Trinajstić information content (AvgIpc) is 2.82. The maximum atomic E-state index is 9.72. The zero-order valence-corrected chi connectivity index (χ0v) is 10.4. The van der Waals surface area contributed by atoms with Crippen molar-refractivity contribution in [2.24, 2.45) is 0 Å². The van der Waals surface area contributed by atoms with Crippen molar-refractivity contribution >= 4 is 11.6 Å². The second-order valence-corrected chi connectivity index (χ2v) is 5.01. The van der Waals surface area contributed by atoms with Gasteiger partial charge < -0.3 is 5.11 Å². The summed E-state index contributed by atoms with van der Waals surface area (Å²) in [6.45, 7) is 4.26. The van der Waals surface area contributed by atoms with Gasteiger partial charge in [0.05, 0.1) is 12.1 Å². The van der Waals surface area contributed by atoms with Gasteiger partial charge in [-0.1, -0.05) is 29.8 Å². The van der Waals surface area contributed by atoms with E-state index in [9.17, 15) is 5.11 Å². The van der Waals surface area contributed by atoms with E-state index in [0.29, 0.717) is 0 Å². The molecule has 0 radical (unpaired) electrons. The lowest BCUT2D eigenvalue weighted by Crippen LogP contribution is -2.45. The standard InChI is InChI=1S/C13H18ClNO/c1-13(10-16,15-8-4-5-9-15)11-6-2-3-7-12(11)14/h2-3,6-7,16H,4-5,8-10H2,1H3/t13-/m1/s1. The first kappa shape index (κ1) is 11.9. The van der Waals surface area contributed by atoms with Crippen molar-refractivity contribution in [2.45, 2.75) is 25.3 Å². The fourth-order valence-electron chi connectivity index (χ4n) is 2.46. The van der Waals surface area contributed by atoms with Gasteiger partial charge in [0.1, 0.15) is 0 Å². The third-order valence-corrected chi connectivity index (χ3v) is 3.90. The third-order valence-electron chi connectivity index (χ3n) is 3.57. The highest BCUT2D eigenvalue weighted by atomic mass is 35.5. The summed E-state index contributed by atoms with van der Waals surface area (Å²) in [4.78, 5) is 2.33. The van der Waals surface area contributed by atoms with Crippen LogP contribution in [-0.4, -0.2) is 29.7 Å². The first-order chi connectivity index (χ1) is 7.68. The van der Waals surface area contributed by atoms with Gasteiger partial charge in [0.15, 0.2) is 0 Å². The normalized spacial score (nSPS) is 20.9. The highest BCUT2D eigenvalue weighted by molar-refractivity contribution is 6.31. The molecule has 16 heavy (non-hydrogen) atoms. The van der Waals surface area contributed by atoms with Gasteiger partial charge in [0, 0.05) is 5.02 Å². The van der Waals surface area contributed by atoms with E-state index in [1.807, 2.05) is 24.3 Å². The Kier molecular flexibility index (Phi) is 3.53. The van der Waals surface area contributed by atoms with Crippen molar-refractivity contribution in [3.8, 4) is 0 Å². The average molecular weight is 240 g/mol. The molecule has 0 saturated carbocycles. The summed E-state index contributed by atoms with van der Waals surface area (Å²) >= 11 is 6.23. The molecule has 1 aromatic rings. The maximum absolute atomic E-state index is 9.72. The Hall–Kier alpha value is -0.570. The highest BCUT2D eigenvalue weighted by Crippen LogP contribution is 2.35. The highest BCUT2D eigenvalue weighted by Gasteiger charge is 2.35. The van der Waals surface area contributed by atoms with Crippen LogP contribution in [0.1, 0.15) is 25.3 Å². The molecule has 2 nitrogen and oxygen atoms in total. The Morgan fingerprint density at radius 3 is 2.50 bits per heavy atom. The van der Waals surface area contributed by atoms with Crippen molar-refractivity contribution in [2.75, 3.05) is 19.7 Å². The Balaban J connectivity index is 2.37. The van der Waals surface area contributed by atoms with Crippen LogP contribution in [0, 0.1) is 0 Å². The predicted molar refractivity (Wildman–Crippen MR) is 66.7 cm³/mol. The molecule has 1 heterocycles. The Morgan fingerprint density at radius 2 is 1.94 bits per heavy atom. The van der Waals surface area contributed by atoms with Gasteiger partial charge in [0.2, 0.25) is 0 Å². The van der Waals surface area contributed by atoms with E-state index >= 15 is 0 Å². The second-order valence-electron chi connectivity index (χ2n) is 4.61. The predicted octanol–water partition coefficient (Wildman–Crippen LogP) is 2.64. The lowest BCUT2D eigenvalue weighted by molar-refractivity contribution is 0.0601. The van der Waals surface area contributed by atoms with E-state index in [4.69, 9.17) is 11.6 Å². The lowest BCUT2D eigenvalue weighted by Gasteiger charge is -2.38. The quantitative estimate of drug-likeness (QED) is 0.877. The molecule has 2 rings (SSSR count). The molecular formula is C13H18ClNO. The fourth-order valence-corrected chi connectivity index (χ4v) is 2.80. The van der Waals surface area contributed by atoms with Crippen LogP contribution in [0.2, 0.25) is 5.02 Å². The molecule has 0 spiro atoms.